The van der Waals surface area contributed by atoms with Crippen LogP contribution in [0.25, 0.3) is 0 Å². The Morgan fingerprint density at radius 3 is 2.61 bits per heavy atom. The van der Waals surface area contributed by atoms with Crippen molar-refractivity contribution < 1.29 is 9.90 Å². The molecular formula is C20H17ClN4O2S. The Morgan fingerprint density at radius 1 is 1.21 bits per heavy atom. The molecule has 2 heterocycles. The van der Waals surface area contributed by atoms with E-state index in [0.29, 0.717) is 10.1 Å². The molecule has 2 atom stereocenters. The largest absolute Gasteiger partial charge is 0.480 e. The number of carboxylic acid groups (broad SMARTS) is 1. The van der Waals surface area contributed by atoms with E-state index in [9.17, 15) is 9.90 Å². The number of hydrogen-bond acceptors (Lipinski definition) is 3. The minimum absolute atomic E-state index is 0.288. The molecule has 1 aliphatic rings. The van der Waals surface area contributed by atoms with E-state index in [0.717, 1.165) is 22.6 Å². The van der Waals surface area contributed by atoms with Crippen LogP contribution in [0.1, 0.15) is 23.0 Å². The van der Waals surface area contributed by atoms with Crippen molar-refractivity contribution in [3.63, 3.8) is 0 Å². The summed E-state index contributed by atoms with van der Waals surface area (Å²) in [4.78, 5) is 21.3. The highest BCUT2D eigenvalue weighted by Gasteiger charge is 2.42. The van der Waals surface area contributed by atoms with Gasteiger partial charge in [-0.1, -0.05) is 41.9 Å². The van der Waals surface area contributed by atoms with Crippen LogP contribution >= 0.6 is 23.8 Å². The fourth-order valence-electron chi connectivity index (χ4n) is 3.47. The third kappa shape index (κ3) is 3.46. The zero-order chi connectivity index (χ0) is 19.7. The van der Waals surface area contributed by atoms with Crippen LogP contribution in [0.15, 0.2) is 60.9 Å². The molecule has 0 saturated carbocycles. The van der Waals surface area contributed by atoms with Crippen LogP contribution in [-0.4, -0.2) is 37.1 Å². The topological polar surface area (TPSA) is 81.2 Å². The molecule has 2 aromatic carbocycles. The van der Waals surface area contributed by atoms with Crippen LogP contribution in [0.2, 0.25) is 5.02 Å². The van der Waals surface area contributed by atoms with Crippen LogP contribution < -0.4 is 5.32 Å². The zero-order valence-corrected chi connectivity index (χ0v) is 16.2. The van der Waals surface area contributed by atoms with Crippen LogP contribution in [-0.2, 0) is 11.2 Å². The molecule has 1 aliphatic heterocycles. The summed E-state index contributed by atoms with van der Waals surface area (Å²) in [7, 11) is 0. The van der Waals surface area contributed by atoms with E-state index in [1.54, 1.807) is 35.5 Å². The Kier molecular flexibility index (Phi) is 5.02. The highest BCUT2D eigenvalue weighted by Crippen LogP contribution is 2.37. The normalized spacial score (nSPS) is 18.4. The van der Waals surface area contributed by atoms with E-state index in [1.807, 2.05) is 30.3 Å². The maximum absolute atomic E-state index is 12.1. The fourth-order valence-corrected chi connectivity index (χ4v) is 3.95. The summed E-state index contributed by atoms with van der Waals surface area (Å²) in [6, 6.07) is 15.5. The van der Waals surface area contributed by atoms with Gasteiger partial charge in [-0.25, -0.2) is 9.78 Å². The molecule has 3 aromatic rings. The molecule has 0 spiro atoms. The molecule has 28 heavy (non-hydrogen) atoms. The monoisotopic (exact) mass is 412 g/mol. The van der Waals surface area contributed by atoms with Crippen molar-refractivity contribution in [2.45, 2.75) is 18.5 Å². The third-order valence-electron chi connectivity index (χ3n) is 4.75. The quantitative estimate of drug-likeness (QED) is 0.567. The fraction of sp³-hybridized carbons (Fsp3) is 0.150. The van der Waals surface area contributed by atoms with E-state index in [1.165, 1.54) is 0 Å². The highest BCUT2D eigenvalue weighted by molar-refractivity contribution is 7.80. The van der Waals surface area contributed by atoms with Gasteiger partial charge >= 0.3 is 5.97 Å². The molecule has 0 unspecified atom stereocenters. The van der Waals surface area contributed by atoms with Crippen molar-refractivity contribution in [1.29, 1.82) is 0 Å². The second-order valence-corrected chi connectivity index (χ2v) is 7.31. The molecule has 142 valence electrons. The first kappa shape index (κ1) is 18.5. The number of nitrogens with zero attached hydrogens (tertiary/aromatic N) is 2. The van der Waals surface area contributed by atoms with Gasteiger partial charge in [0.1, 0.15) is 12.1 Å². The van der Waals surface area contributed by atoms with E-state index in [4.69, 9.17) is 23.8 Å². The lowest BCUT2D eigenvalue weighted by Crippen LogP contribution is -2.53. The van der Waals surface area contributed by atoms with Crippen molar-refractivity contribution in [3.05, 3.63) is 82.9 Å². The standard InChI is InChI=1S/C20H17ClN4O2S/c21-13-6-8-14(9-7-13)24-20(28)25-16(19(26)27)10-15-17(23-11-22-15)18(25)12-4-2-1-3-5-12/h1-9,11,16,18H,10H2,(H,22,23)(H,24,28)(H,26,27)/t16-,18+/m0/s1. The third-order valence-corrected chi connectivity index (χ3v) is 5.32. The zero-order valence-electron chi connectivity index (χ0n) is 14.7. The van der Waals surface area contributed by atoms with Gasteiger partial charge in [-0.3, -0.25) is 0 Å². The number of thiocarbonyl (C=S) groups is 1. The summed E-state index contributed by atoms with van der Waals surface area (Å²) in [6.07, 6.45) is 1.88. The minimum atomic E-state index is -0.943. The van der Waals surface area contributed by atoms with Gasteiger partial charge in [-0.2, -0.15) is 0 Å². The van der Waals surface area contributed by atoms with Gasteiger partial charge in [0.25, 0.3) is 0 Å². The van der Waals surface area contributed by atoms with Gasteiger partial charge < -0.3 is 20.3 Å². The number of benzene rings is 2. The van der Waals surface area contributed by atoms with Gasteiger partial charge in [0, 0.05) is 22.8 Å². The SMILES string of the molecule is O=C(O)[C@@H]1Cc2[nH]cnc2[C@@H](c2ccccc2)N1C(=S)Nc1ccc(Cl)cc1. The molecule has 3 N–H and O–H groups in total. The van der Waals surface area contributed by atoms with E-state index in [2.05, 4.69) is 15.3 Å². The number of anilines is 1. The predicted octanol–water partition coefficient (Wildman–Crippen LogP) is 3.86. The number of hydrogen-bond donors (Lipinski definition) is 3. The summed E-state index contributed by atoms with van der Waals surface area (Å²) >= 11 is 11.6. The first-order valence-corrected chi connectivity index (χ1v) is 9.48. The van der Waals surface area contributed by atoms with E-state index < -0.39 is 18.1 Å². The number of carboxylic acids is 1. The van der Waals surface area contributed by atoms with Gasteiger partial charge in [0.2, 0.25) is 0 Å². The Labute approximate surface area is 172 Å². The Hall–Kier alpha value is -2.90. The highest BCUT2D eigenvalue weighted by atomic mass is 35.5. The number of fused-ring (bicyclic) bond motifs is 1. The molecule has 0 radical (unpaired) electrons. The molecule has 8 heteroatoms. The van der Waals surface area contributed by atoms with Crippen LogP contribution in [0, 0.1) is 0 Å². The molecule has 0 bridgehead atoms. The van der Waals surface area contributed by atoms with Crippen molar-refractivity contribution in [2.75, 3.05) is 5.32 Å². The summed E-state index contributed by atoms with van der Waals surface area (Å²) < 4.78 is 0. The number of halogens is 1. The Balaban J connectivity index is 1.76. The lowest BCUT2D eigenvalue weighted by molar-refractivity contribution is -0.142. The number of aromatic nitrogens is 2. The maximum Gasteiger partial charge on any atom is 0.326 e. The van der Waals surface area contributed by atoms with Crippen LogP contribution in [0.4, 0.5) is 5.69 Å². The van der Waals surface area contributed by atoms with Crippen molar-refractivity contribution in [1.82, 2.24) is 14.9 Å². The second-order valence-electron chi connectivity index (χ2n) is 6.48. The number of rotatable bonds is 3. The van der Waals surface area contributed by atoms with E-state index >= 15 is 0 Å². The number of nitrogens with one attached hydrogen (secondary N) is 2. The average molecular weight is 413 g/mol. The van der Waals surface area contributed by atoms with E-state index in [-0.39, 0.29) is 6.42 Å². The number of imidazole rings is 1. The average Bonchev–Trinajstić information content (AvgIpc) is 3.17. The number of carbonyl (C=O) groups is 1. The van der Waals surface area contributed by atoms with Crippen molar-refractivity contribution in [3.8, 4) is 0 Å². The van der Waals surface area contributed by atoms with Gasteiger partial charge in [-0.05, 0) is 42.0 Å². The molecule has 1 aromatic heterocycles. The molecule has 6 nitrogen and oxygen atoms in total. The number of H-pyrrole nitrogens is 1. The molecule has 0 saturated heterocycles. The summed E-state index contributed by atoms with van der Waals surface area (Å²) in [5.74, 6) is -0.943. The molecular weight excluding hydrogens is 396 g/mol. The lowest BCUT2D eigenvalue weighted by Gasteiger charge is -2.41. The Morgan fingerprint density at radius 2 is 1.93 bits per heavy atom. The van der Waals surface area contributed by atoms with Gasteiger partial charge in [0.15, 0.2) is 5.11 Å². The summed E-state index contributed by atoms with van der Waals surface area (Å²) in [6.45, 7) is 0. The smallest absolute Gasteiger partial charge is 0.326 e. The summed E-state index contributed by atoms with van der Waals surface area (Å²) in [5, 5.41) is 14.0. The predicted molar refractivity (Wildman–Crippen MR) is 112 cm³/mol. The van der Waals surface area contributed by atoms with Crippen LogP contribution in [0.3, 0.4) is 0 Å². The second kappa shape index (κ2) is 7.61. The number of aromatic amines is 1. The van der Waals surface area contributed by atoms with Crippen molar-refractivity contribution in [2.24, 2.45) is 0 Å². The molecule has 0 fully saturated rings. The van der Waals surface area contributed by atoms with Crippen LogP contribution in [0.5, 0.6) is 0 Å². The van der Waals surface area contributed by atoms with Crippen molar-refractivity contribution >= 4 is 40.6 Å². The first-order chi connectivity index (χ1) is 13.5. The molecule has 4 rings (SSSR count). The maximum atomic E-state index is 12.1. The molecule has 0 amide bonds. The van der Waals surface area contributed by atoms with Gasteiger partial charge in [0.05, 0.1) is 12.0 Å². The van der Waals surface area contributed by atoms with Gasteiger partial charge in [-0.15, -0.1) is 0 Å². The first-order valence-electron chi connectivity index (χ1n) is 8.69. The minimum Gasteiger partial charge on any atom is -0.480 e. The lowest BCUT2D eigenvalue weighted by atomic mass is 9.91. The Bertz CT molecular complexity index is 1010. The number of aliphatic carboxylic acids is 1. The molecule has 0 aliphatic carbocycles. The summed E-state index contributed by atoms with van der Waals surface area (Å²) in [5.41, 5.74) is 3.25.